The van der Waals surface area contributed by atoms with Crippen LogP contribution in [0.2, 0.25) is 0 Å². The van der Waals surface area contributed by atoms with Crippen LogP contribution in [0.4, 0.5) is 0 Å². The monoisotopic (exact) mass is 376 g/mol. The maximum Gasteiger partial charge on any atom is 0.175 e. The zero-order chi connectivity index (χ0) is 19.0. The number of aromatic amines is 1. The molecule has 4 rings (SSSR count). The summed E-state index contributed by atoms with van der Waals surface area (Å²) >= 11 is 0. The molecule has 1 aromatic heterocycles. The molecule has 1 heterocycles. The highest BCUT2D eigenvalue weighted by molar-refractivity contribution is 7.90. The standard InChI is InChI=1S/C22H20N2O2S/c1-27(25,26)17-11-9-15(10-12-17)22-13-20-19(7-4-8-21(20)24-22)18-6-3-2-5-16(18)14-23/h2-13,24H,14,23H2,1H3. The molecule has 0 unspecified atom stereocenters. The van der Waals surface area contributed by atoms with Crippen LogP contribution < -0.4 is 5.73 Å². The molecule has 3 aromatic carbocycles. The van der Waals surface area contributed by atoms with E-state index < -0.39 is 9.84 Å². The van der Waals surface area contributed by atoms with Crippen molar-refractivity contribution in [1.82, 2.24) is 4.98 Å². The van der Waals surface area contributed by atoms with E-state index in [1.807, 2.05) is 42.5 Å². The Morgan fingerprint density at radius 2 is 1.59 bits per heavy atom. The number of nitrogens with two attached hydrogens (primary N) is 1. The zero-order valence-electron chi connectivity index (χ0n) is 14.9. The van der Waals surface area contributed by atoms with Crippen LogP contribution in [0, 0.1) is 0 Å². The quantitative estimate of drug-likeness (QED) is 0.555. The van der Waals surface area contributed by atoms with E-state index in [0.29, 0.717) is 11.4 Å². The van der Waals surface area contributed by atoms with Crippen molar-refractivity contribution < 1.29 is 8.42 Å². The van der Waals surface area contributed by atoms with E-state index >= 15 is 0 Å². The predicted molar refractivity (Wildman–Crippen MR) is 110 cm³/mol. The van der Waals surface area contributed by atoms with E-state index in [1.54, 1.807) is 12.1 Å². The van der Waals surface area contributed by atoms with Gasteiger partial charge in [0, 0.05) is 29.4 Å². The first-order valence-electron chi connectivity index (χ1n) is 8.68. The summed E-state index contributed by atoms with van der Waals surface area (Å²) in [6.45, 7) is 0.483. The van der Waals surface area contributed by atoms with Gasteiger partial charge in [-0.25, -0.2) is 8.42 Å². The Bertz CT molecular complexity index is 1220. The molecule has 5 heteroatoms. The van der Waals surface area contributed by atoms with E-state index in [4.69, 9.17) is 5.73 Å². The van der Waals surface area contributed by atoms with Crippen molar-refractivity contribution in [3.8, 4) is 22.4 Å². The minimum atomic E-state index is -3.20. The average molecular weight is 376 g/mol. The largest absolute Gasteiger partial charge is 0.355 e. The van der Waals surface area contributed by atoms with Crippen LogP contribution in [0.5, 0.6) is 0 Å². The molecule has 0 aliphatic rings. The topological polar surface area (TPSA) is 75.9 Å². The average Bonchev–Trinajstić information content (AvgIpc) is 3.12. The van der Waals surface area contributed by atoms with Crippen LogP contribution in [0.1, 0.15) is 5.56 Å². The second-order valence-corrected chi connectivity index (χ2v) is 8.62. The van der Waals surface area contributed by atoms with Crippen molar-refractivity contribution in [3.63, 3.8) is 0 Å². The van der Waals surface area contributed by atoms with Crippen molar-refractivity contribution in [2.75, 3.05) is 6.26 Å². The van der Waals surface area contributed by atoms with Crippen LogP contribution in [-0.4, -0.2) is 19.7 Å². The number of hydrogen-bond donors (Lipinski definition) is 2. The molecule has 0 amide bonds. The lowest BCUT2D eigenvalue weighted by Gasteiger charge is -2.08. The maximum atomic E-state index is 11.7. The second-order valence-electron chi connectivity index (χ2n) is 6.61. The minimum absolute atomic E-state index is 0.319. The molecule has 4 aromatic rings. The normalized spacial score (nSPS) is 11.8. The van der Waals surface area contributed by atoms with Gasteiger partial charge in [-0.15, -0.1) is 0 Å². The van der Waals surface area contributed by atoms with Crippen molar-refractivity contribution in [2.45, 2.75) is 11.4 Å². The van der Waals surface area contributed by atoms with Crippen LogP contribution in [0.15, 0.2) is 77.7 Å². The number of H-pyrrole nitrogens is 1. The Labute approximate surface area is 158 Å². The van der Waals surface area contributed by atoms with Gasteiger partial charge in [-0.2, -0.15) is 0 Å². The Balaban J connectivity index is 1.84. The van der Waals surface area contributed by atoms with Gasteiger partial charge in [-0.3, -0.25) is 0 Å². The fraction of sp³-hybridized carbons (Fsp3) is 0.0909. The van der Waals surface area contributed by atoms with E-state index in [2.05, 4.69) is 23.2 Å². The van der Waals surface area contributed by atoms with Gasteiger partial charge in [0.25, 0.3) is 0 Å². The van der Waals surface area contributed by atoms with Gasteiger partial charge in [-0.05, 0) is 46.5 Å². The molecular formula is C22H20N2O2S. The smallest absolute Gasteiger partial charge is 0.175 e. The van der Waals surface area contributed by atoms with Crippen LogP contribution in [-0.2, 0) is 16.4 Å². The van der Waals surface area contributed by atoms with Crippen LogP contribution in [0.3, 0.4) is 0 Å². The van der Waals surface area contributed by atoms with Crippen molar-refractivity contribution in [3.05, 3.63) is 78.4 Å². The third-order valence-electron chi connectivity index (χ3n) is 4.79. The summed E-state index contributed by atoms with van der Waals surface area (Å²) in [5.74, 6) is 0. The minimum Gasteiger partial charge on any atom is -0.355 e. The van der Waals surface area contributed by atoms with Gasteiger partial charge < -0.3 is 10.7 Å². The lowest BCUT2D eigenvalue weighted by Crippen LogP contribution is -1.98. The Hall–Kier alpha value is -2.89. The molecule has 0 saturated heterocycles. The summed E-state index contributed by atoms with van der Waals surface area (Å²) < 4.78 is 23.3. The van der Waals surface area contributed by atoms with Gasteiger partial charge in [-0.1, -0.05) is 48.5 Å². The highest BCUT2D eigenvalue weighted by atomic mass is 32.2. The van der Waals surface area contributed by atoms with Gasteiger partial charge in [0.2, 0.25) is 0 Å². The third-order valence-corrected chi connectivity index (χ3v) is 5.91. The Morgan fingerprint density at radius 1 is 0.889 bits per heavy atom. The number of benzene rings is 3. The number of rotatable bonds is 4. The molecule has 0 saturated carbocycles. The van der Waals surface area contributed by atoms with Crippen LogP contribution in [0.25, 0.3) is 33.3 Å². The first kappa shape index (κ1) is 17.5. The number of sulfone groups is 1. The SMILES string of the molecule is CS(=O)(=O)c1ccc(-c2cc3c(-c4ccccc4CN)cccc3[nH]2)cc1. The summed E-state index contributed by atoms with van der Waals surface area (Å²) in [5, 5.41) is 1.11. The lowest BCUT2D eigenvalue weighted by atomic mass is 9.96. The van der Waals surface area contributed by atoms with Gasteiger partial charge in [0.05, 0.1) is 4.90 Å². The fourth-order valence-electron chi connectivity index (χ4n) is 3.39. The molecule has 0 radical (unpaired) electrons. The van der Waals surface area contributed by atoms with Crippen molar-refractivity contribution in [1.29, 1.82) is 0 Å². The summed E-state index contributed by atoms with van der Waals surface area (Å²) in [4.78, 5) is 3.76. The number of nitrogens with one attached hydrogen (secondary N) is 1. The predicted octanol–water partition coefficient (Wildman–Crippen LogP) is 4.36. The fourth-order valence-corrected chi connectivity index (χ4v) is 4.02. The molecule has 0 atom stereocenters. The molecule has 0 spiro atoms. The number of aromatic nitrogens is 1. The van der Waals surface area contributed by atoms with Crippen molar-refractivity contribution in [2.24, 2.45) is 5.73 Å². The molecule has 0 fully saturated rings. The number of hydrogen-bond acceptors (Lipinski definition) is 3. The van der Waals surface area contributed by atoms with E-state index in [-0.39, 0.29) is 0 Å². The Morgan fingerprint density at radius 3 is 2.30 bits per heavy atom. The summed E-state index contributed by atoms with van der Waals surface area (Å²) in [7, 11) is -3.20. The van der Waals surface area contributed by atoms with Crippen molar-refractivity contribution >= 4 is 20.7 Å². The maximum absolute atomic E-state index is 11.7. The molecule has 27 heavy (non-hydrogen) atoms. The molecule has 3 N–H and O–H groups in total. The summed E-state index contributed by atoms with van der Waals surface area (Å²) in [6, 6.07) is 23.4. The van der Waals surface area contributed by atoms with Gasteiger partial charge >= 0.3 is 0 Å². The molecule has 0 aliphatic heterocycles. The molecule has 0 aliphatic carbocycles. The van der Waals surface area contributed by atoms with E-state index in [9.17, 15) is 8.42 Å². The highest BCUT2D eigenvalue weighted by Crippen LogP contribution is 2.34. The highest BCUT2D eigenvalue weighted by Gasteiger charge is 2.12. The summed E-state index contributed by atoms with van der Waals surface area (Å²) in [6.07, 6.45) is 1.21. The first-order chi connectivity index (χ1) is 13.0. The summed E-state index contributed by atoms with van der Waals surface area (Å²) in [5.41, 5.74) is 12.2. The van der Waals surface area contributed by atoms with E-state index in [0.717, 1.165) is 38.9 Å². The first-order valence-corrected chi connectivity index (χ1v) is 10.6. The Kier molecular flexibility index (Phi) is 4.34. The number of fused-ring (bicyclic) bond motifs is 1. The molecule has 136 valence electrons. The lowest BCUT2D eigenvalue weighted by molar-refractivity contribution is 0.602. The zero-order valence-corrected chi connectivity index (χ0v) is 15.8. The molecular weight excluding hydrogens is 356 g/mol. The second kappa shape index (κ2) is 6.68. The van der Waals surface area contributed by atoms with Crippen LogP contribution >= 0.6 is 0 Å². The molecule has 0 bridgehead atoms. The molecule has 4 nitrogen and oxygen atoms in total. The van der Waals surface area contributed by atoms with Gasteiger partial charge in [0.1, 0.15) is 0 Å². The van der Waals surface area contributed by atoms with E-state index in [1.165, 1.54) is 6.26 Å². The third kappa shape index (κ3) is 3.27. The van der Waals surface area contributed by atoms with Gasteiger partial charge in [0.15, 0.2) is 9.84 Å².